The summed E-state index contributed by atoms with van der Waals surface area (Å²) < 4.78 is 4.82. The van der Waals surface area contributed by atoms with Gasteiger partial charge in [0.1, 0.15) is 0 Å². The topological polar surface area (TPSA) is 90.6 Å². The quantitative estimate of drug-likeness (QED) is 0.656. The molecule has 2 rings (SSSR count). The fraction of sp³-hybridized carbons (Fsp3) is 0.214. The van der Waals surface area contributed by atoms with Crippen molar-refractivity contribution in [1.29, 1.82) is 5.26 Å². The molecule has 1 atom stereocenters. The molecule has 6 heteroatoms. The molecule has 1 aromatic carbocycles. The standard InChI is InChI=1S/C14H12N2O4/c1-8-5-4-6-10-11(8)16(3)12(17)14(10,9(2)7-15)20-13(18)19/h4-6H,2H2,1,3H3,(H,18,19). The predicted molar refractivity (Wildman–Crippen MR) is 70.1 cm³/mol. The molecule has 0 saturated heterocycles. The molecule has 20 heavy (non-hydrogen) atoms. The van der Waals surface area contributed by atoms with Crippen LogP contribution in [0.3, 0.4) is 0 Å². The maximum absolute atomic E-state index is 12.5. The van der Waals surface area contributed by atoms with Gasteiger partial charge >= 0.3 is 6.16 Å². The Bertz CT molecular complexity index is 674. The van der Waals surface area contributed by atoms with Gasteiger partial charge in [-0.05, 0) is 12.5 Å². The summed E-state index contributed by atoms with van der Waals surface area (Å²) in [5.74, 6) is -0.643. The highest BCUT2D eigenvalue weighted by molar-refractivity contribution is 6.10. The van der Waals surface area contributed by atoms with Crippen LogP contribution < -0.4 is 4.90 Å². The molecule has 6 nitrogen and oxygen atoms in total. The largest absolute Gasteiger partial charge is 0.507 e. The van der Waals surface area contributed by atoms with Crippen molar-refractivity contribution in [2.75, 3.05) is 11.9 Å². The number of carbonyl (C=O) groups excluding carboxylic acids is 1. The number of hydrogen-bond donors (Lipinski definition) is 1. The van der Waals surface area contributed by atoms with Gasteiger partial charge in [0.2, 0.25) is 0 Å². The van der Waals surface area contributed by atoms with E-state index in [0.29, 0.717) is 11.3 Å². The van der Waals surface area contributed by atoms with Crippen LogP contribution in [0.2, 0.25) is 0 Å². The number of hydrogen-bond acceptors (Lipinski definition) is 4. The maximum Gasteiger partial charge on any atom is 0.507 e. The van der Waals surface area contributed by atoms with Gasteiger partial charge in [0.25, 0.3) is 11.5 Å². The molecule has 102 valence electrons. The molecule has 0 bridgehead atoms. The van der Waals surface area contributed by atoms with E-state index in [1.807, 2.05) is 0 Å². The number of fused-ring (bicyclic) bond motifs is 1. The highest BCUT2D eigenvalue weighted by atomic mass is 16.7. The third-order valence-electron chi connectivity index (χ3n) is 3.36. The van der Waals surface area contributed by atoms with Crippen molar-refractivity contribution in [3.63, 3.8) is 0 Å². The summed E-state index contributed by atoms with van der Waals surface area (Å²) in [5, 5.41) is 18.0. The molecule has 1 unspecified atom stereocenters. The van der Waals surface area contributed by atoms with Crippen LogP contribution in [0.25, 0.3) is 0 Å². The average Bonchev–Trinajstić information content (AvgIpc) is 2.61. The molecule has 1 N–H and O–H groups in total. The number of rotatable bonds is 2. The molecule has 0 aliphatic carbocycles. The third-order valence-corrected chi connectivity index (χ3v) is 3.36. The molecular weight excluding hydrogens is 260 g/mol. The maximum atomic E-state index is 12.5. The zero-order valence-corrected chi connectivity index (χ0v) is 11.0. The summed E-state index contributed by atoms with van der Waals surface area (Å²) in [7, 11) is 1.51. The van der Waals surface area contributed by atoms with Crippen molar-refractivity contribution in [3.05, 3.63) is 41.5 Å². The number of ether oxygens (including phenoxy) is 1. The number of benzene rings is 1. The molecule has 0 saturated carbocycles. The van der Waals surface area contributed by atoms with Crippen molar-refractivity contribution in [1.82, 2.24) is 0 Å². The first-order chi connectivity index (χ1) is 9.36. The molecule has 1 heterocycles. The molecule has 0 fully saturated rings. The number of amides is 1. The van der Waals surface area contributed by atoms with Gasteiger partial charge in [-0.1, -0.05) is 24.8 Å². The summed E-state index contributed by atoms with van der Waals surface area (Å²) in [5.41, 5.74) is -0.619. The fourth-order valence-corrected chi connectivity index (χ4v) is 2.50. The van der Waals surface area contributed by atoms with E-state index in [4.69, 9.17) is 15.1 Å². The number of para-hydroxylation sites is 1. The van der Waals surface area contributed by atoms with Crippen LogP contribution in [0, 0.1) is 18.3 Å². The predicted octanol–water partition coefficient (Wildman–Crippen LogP) is 1.94. The number of carbonyl (C=O) groups is 2. The lowest BCUT2D eigenvalue weighted by Crippen LogP contribution is -2.43. The van der Waals surface area contributed by atoms with E-state index < -0.39 is 17.7 Å². The van der Waals surface area contributed by atoms with Crippen LogP contribution >= 0.6 is 0 Å². The molecule has 1 aromatic rings. The fourth-order valence-electron chi connectivity index (χ4n) is 2.50. The summed E-state index contributed by atoms with van der Waals surface area (Å²) in [4.78, 5) is 24.8. The van der Waals surface area contributed by atoms with E-state index in [1.54, 1.807) is 31.2 Å². The lowest BCUT2D eigenvalue weighted by molar-refractivity contribution is -0.133. The van der Waals surface area contributed by atoms with Crippen LogP contribution in [-0.2, 0) is 15.1 Å². The first-order valence-corrected chi connectivity index (χ1v) is 5.76. The van der Waals surface area contributed by atoms with Gasteiger partial charge in [-0.15, -0.1) is 0 Å². The van der Waals surface area contributed by atoms with Crippen LogP contribution in [-0.4, -0.2) is 24.2 Å². The Morgan fingerprint density at radius 1 is 1.55 bits per heavy atom. The Morgan fingerprint density at radius 3 is 2.75 bits per heavy atom. The summed E-state index contributed by atoms with van der Waals surface area (Å²) in [6.45, 7) is 5.28. The average molecular weight is 272 g/mol. The van der Waals surface area contributed by atoms with E-state index in [2.05, 4.69) is 6.58 Å². The van der Waals surface area contributed by atoms with Gasteiger partial charge in [-0.25, -0.2) is 4.79 Å². The number of likely N-dealkylation sites (N-methyl/N-ethyl adjacent to an activating group) is 1. The van der Waals surface area contributed by atoms with Gasteiger partial charge < -0.3 is 14.7 Å². The van der Waals surface area contributed by atoms with Crippen LogP contribution in [0.4, 0.5) is 10.5 Å². The van der Waals surface area contributed by atoms with Gasteiger partial charge in [-0.3, -0.25) is 4.79 Å². The Kier molecular flexibility index (Phi) is 2.99. The van der Waals surface area contributed by atoms with E-state index in [-0.39, 0.29) is 5.57 Å². The van der Waals surface area contributed by atoms with Crippen molar-refractivity contribution >= 4 is 17.7 Å². The highest BCUT2D eigenvalue weighted by Gasteiger charge is 2.56. The Hall–Kier alpha value is -2.81. The van der Waals surface area contributed by atoms with Crippen molar-refractivity contribution in [2.24, 2.45) is 0 Å². The molecule has 1 aliphatic heterocycles. The first kappa shape index (κ1) is 13.6. The number of anilines is 1. The van der Waals surface area contributed by atoms with Gasteiger partial charge in [0.05, 0.1) is 17.3 Å². The SMILES string of the molecule is C=C(C#N)C1(OC(=O)O)C(=O)N(C)c2c(C)cccc21. The van der Waals surface area contributed by atoms with E-state index in [9.17, 15) is 9.59 Å². The molecule has 0 radical (unpaired) electrons. The van der Waals surface area contributed by atoms with Crippen LogP contribution in [0.5, 0.6) is 0 Å². The summed E-state index contributed by atoms with van der Waals surface area (Å²) in [6, 6.07) is 6.76. The van der Waals surface area contributed by atoms with Crippen molar-refractivity contribution in [3.8, 4) is 6.07 Å². The minimum Gasteiger partial charge on any atom is -0.450 e. The molecular formula is C14H12N2O4. The van der Waals surface area contributed by atoms with E-state index in [0.717, 1.165) is 5.56 Å². The van der Waals surface area contributed by atoms with E-state index >= 15 is 0 Å². The van der Waals surface area contributed by atoms with Crippen LogP contribution in [0.1, 0.15) is 11.1 Å². The lowest BCUT2D eigenvalue weighted by Gasteiger charge is -2.25. The monoisotopic (exact) mass is 272 g/mol. The highest BCUT2D eigenvalue weighted by Crippen LogP contribution is 2.47. The van der Waals surface area contributed by atoms with Crippen LogP contribution in [0.15, 0.2) is 30.4 Å². The molecule has 0 aromatic heterocycles. The Balaban J connectivity index is 2.80. The minimum atomic E-state index is -1.99. The van der Waals surface area contributed by atoms with Gasteiger partial charge in [0, 0.05) is 12.6 Å². The zero-order valence-electron chi connectivity index (χ0n) is 11.0. The summed E-state index contributed by atoms with van der Waals surface area (Å²) in [6.07, 6.45) is -1.64. The second-order valence-electron chi connectivity index (χ2n) is 4.47. The van der Waals surface area contributed by atoms with Gasteiger partial charge in [0.15, 0.2) is 0 Å². The minimum absolute atomic E-state index is 0.263. The molecule has 1 amide bonds. The first-order valence-electron chi connectivity index (χ1n) is 5.76. The third kappa shape index (κ3) is 1.57. The second-order valence-corrected chi connectivity index (χ2v) is 4.47. The number of nitrogens with zero attached hydrogens (tertiary/aromatic N) is 2. The Morgan fingerprint density at radius 2 is 2.20 bits per heavy atom. The lowest BCUT2D eigenvalue weighted by atomic mass is 9.87. The van der Waals surface area contributed by atoms with Crippen molar-refractivity contribution < 1.29 is 19.4 Å². The van der Waals surface area contributed by atoms with Crippen molar-refractivity contribution in [2.45, 2.75) is 12.5 Å². The smallest absolute Gasteiger partial charge is 0.450 e. The number of aryl methyl sites for hydroxylation is 1. The number of carboxylic acid groups (broad SMARTS) is 1. The number of nitriles is 1. The van der Waals surface area contributed by atoms with Gasteiger partial charge in [-0.2, -0.15) is 5.26 Å². The Labute approximate surface area is 115 Å². The molecule has 1 aliphatic rings. The normalized spacial score (nSPS) is 20.2. The zero-order chi connectivity index (χ0) is 15.1. The second kappa shape index (κ2) is 4.38. The summed E-state index contributed by atoms with van der Waals surface area (Å²) >= 11 is 0. The molecule has 0 spiro atoms. The van der Waals surface area contributed by atoms with E-state index in [1.165, 1.54) is 11.9 Å².